The van der Waals surface area contributed by atoms with Crippen molar-refractivity contribution in [3.05, 3.63) is 77.4 Å². The molecule has 2 aromatic carbocycles. The molecule has 3 aromatic rings. The van der Waals surface area contributed by atoms with Crippen molar-refractivity contribution in [3.63, 3.8) is 0 Å². The Hall–Kier alpha value is -2.99. The summed E-state index contributed by atoms with van der Waals surface area (Å²) in [5.74, 6) is -0.700. The van der Waals surface area contributed by atoms with Crippen LogP contribution in [0.25, 0.3) is 5.69 Å². The average Bonchev–Trinajstić information content (AvgIpc) is 2.99. The summed E-state index contributed by atoms with van der Waals surface area (Å²) < 4.78 is 14.9. The normalized spacial score (nSPS) is 10.7. The molecule has 0 atom stereocenters. The predicted molar refractivity (Wildman–Crippen MR) is 93.4 cm³/mol. The highest BCUT2D eigenvalue weighted by atomic mass is 19.1. The summed E-state index contributed by atoms with van der Waals surface area (Å²) in [5.41, 5.74) is 3.18. The summed E-state index contributed by atoms with van der Waals surface area (Å²) in [5, 5.41) is 16.0. The SMILES string of the molecule is Cc1cc(C(=O)Nc2ccc(CCO)cc2)nn1-c1cccc(F)c1. The fourth-order valence-electron chi connectivity index (χ4n) is 2.53. The van der Waals surface area contributed by atoms with E-state index in [1.807, 2.05) is 12.1 Å². The minimum absolute atomic E-state index is 0.0858. The Morgan fingerprint density at radius 2 is 1.96 bits per heavy atom. The lowest BCUT2D eigenvalue weighted by Gasteiger charge is -2.05. The van der Waals surface area contributed by atoms with Crippen LogP contribution in [0.4, 0.5) is 10.1 Å². The van der Waals surface area contributed by atoms with Gasteiger partial charge in [-0.05, 0) is 55.3 Å². The van der Waals surface area contributed by atoms with Gasteiger partial charge in [0.1, 0.15) is 5.82 Å². The number of halogens is 1. The maximum atomic E-state index is 13.4. The van der Waals surface area contributed by atoms with E-state index in [1.165, 1.54) is 16.8 Å². The van der Waals surface area contributed by atoms with Crippen molar-refractivity contribution in [3.8, 4) is 5.69 Å². The number of amides is 1. The molecule has 5 nitrogen and oxygen atoms in total. The Morgan fingerprint density at radius 3 is 2.64 bits per heavy atom. The van der Waals surface area contributed by atoms with Gasteiger partial charge in [-0.3, -0.25) is 4.79 Å². The van der Waals surface area contributed by atoms with Crippen molar-refractivity contribution in [2.75, 3.05) is 11.9 Å². The molecule has 0 aliphatic heterocycles. The van der Waals surface area contributed by atoms with Gasteiger partial charge in [-0.25, -0.2) is 9.07 Å². The van der Waals surface area contributed by atoms with E-state index in [0.717, 1.165) is 11.3 Å². The number of carbonyl (C=O) groups is 1. The molecule has 0 bridgehead atoms. The van der Waals surface area contributed by atoms with Crippen LogP contribution in [0.3, 0.4) is 0 Å². The van der Waals surface area contributed by atoms with Crippen molar-refractivity contribution in [2.45, 2.75) is 13.3 Å². The molecule has 0 saturated heterocycles. The quantitative estimate of drug-likeness (QED) is 0.750. The van der Waals surface area contributed by atoms with E-state index >= 15 is 0 Å². The topological polar surface area (TPSA) is 67.2 Å². The molecule has 0 aliphatic rings. The van der Waals surface area contributed by atoms with Gasteiger partial charge in [0.05, 0.1) is 5.69 Å². The lowest BCUT2D eigenvalue weighted by molar-refractivity contribution is 0.102. The Morgan fingerprint density at radius 1 is 1.20 bits per heavy atom. The fourth-order valence-corrected chi connectivity index (χ4v) is 2.53. The van der Waals surface area contributed by atoms with Crippen LogP contribution < -0.4 is 5.32 Å². The Kier molecular flexibility index (Phi) is 4.90. The molecule has 25 heavy (non-hydrogen) atoms. The van der Waals surface area contributed by atoms with Crippen molar-refractivity contribution in [1.29, 1.82) is 0 Å². The first-order valence-corrected chi connectivity index (χ1v) is 7.90. The van der Waals surface area contributed by atoms with Crippen LogP contribution in [0.1, 0.15) is 21.7 Å². The van der Waals surface area contributed by atoms with Gasteiger partial charge in [0.15, 0.2) is 5.69 Å². The number of aliphatic hydroxyl groups excluding tert-OH is 1. The number of hydrogen-bond acceptors (Lipinski definition) is 3. The molecule has 1 aromatic heterocycles. The molecule has 2 N–H and O–H groups in total. The molecule has 0 unspecified atom stereocenters. The molecule has 0 saturated carbocycles. The van der Waals surface area contributed by atoms with Gasteiger partial charge in [-0.2, -0.15) is 5.10 Å². The number of benzene rings is 2. The van der Waals surface area contributed by atoms with E-state index in [1.54, 1.807) is 37.3 Å². The van der Waals surface area contributed by atoms with E-state index in [0.29, 0.717) is 17.8 Å². The Balaban J connectivity index is 1.78. The molecule has 0 aliphatic carbocycles. The number of nitrogens with zero attached hydrogens (tertiary/aromatic N) is 2. The number of nitrogens with one attached hydrogen (secondary N) is 1. The minimum atomic E-state index is -0.360. The lowest BCUT2D eigenvalue weighted by atomic mass is 10.1. The number of aryl methyl sites for hydroxylation is 1. The third-order valence-corrected chi connectivity index (χ3v) is 3.79. The van der Waals surface area contributed by atoms with Crippen LogP contribution in [0, 0.1) is 12.7 Å². The molecule has 6 heteroatoms. The molecule has 0 spiro atoms. The third-order valence-electron chi connectivity index (χ3n) is 3.79. The summed E-state index contributed by atoms with van der Waals surface area (Å²) in [7, 11) is 0. The number of rotatable bonds is 5. The van der Waals surface area contributed by atoms with Gasteiger partial charge in [0.2, 0.25) is 0 Å². The van der Waals surface area contributed by atoms with E-state index in [4.69, 9.17) is 5.11 Å². The maximum absolute atomic E-state index is 13.4. The molecule has 1 heterocycles. The minimum Gasteiger partial charge on any atom is -0.396 e. The Bertz CT molecular complexity index is 888. The van der Waals surface area contributed by atoms with Gasteiger partial charge in [0, 0.05) is 18.0 Å². The van der Waals surface area contributed by atoms with Crippen LogP contribution in [-0.4, -0.2) is 27.4 Å². The van der Waals surface area contributed by atoms with E-state index in [-0.39, 0.29) is 24.0 Å². The Labute approximate surface area is 144 Å². The zero-order valence-electron chi connectivity index (χ0n) is 13.7. The van der Waals surface area contributed by atoms with Gasteiger partial charge in [0.25, 0.3) is 5.91 Å². The monoisotopic (exact) mass is 339 g/mol. The number of aliphatic hydroxyl groups is 1. The first-order chi connectivity index (χ1) is 12.1. The molecule has 1 amide bonds. The van der Waals surface area contributed by atoms with Crippen molar-refractivity contribution in [2.24, 2.45) is 0 Å². The highest BCUT2D eigenvalue weighted by molar-refractivity contribution is 6.02. The highest BCUT2D eigenvalue weighted by Crippen LogP contribution is 2.15. The zero-order valence-corrected chi connectivity index (χ0v) is 13.7. The number of hydrogen-bond donors (Lipinski definition) is 2. The van der Waals surface area contributed by atoms with Gasteiger partial charge in [-0.15, -0.1) is 0 Å². The first-order valence-electron chi connectivity index (χ1n) is 7.90. The smallest absolute Gasteiger partial charge is 0.276 e. The van der Waals surface area contributed by atoms with Crippen LogP contribution in [0.15, 0.2) is 54.6 Å². The van der Waals surface area contributed by atoms with Crippen LogP contribution >= 0.6 is 0 Å². The summed E-state index contributed by atoms with van der Waals surface area (Å²) in [6.07, 6.45) is 0.575. The molecule has 3 rings (SSSR count). The van der Waals surface area contributed by atoms with Crippen molar-refractivity contribution < 1.29 is 14.3 Å². The van der Waals surface area contributed by atoms with Gasteiger partial charge >= 0.3 is 0 Å². The maximum Gasteiger partial charge on any atom is 0.276 e. The number of anilines is 1. The van der Waals surface area contributed by atoms with Gasteiger partial charge in [-0.1, -0.05) is 18.2 Å². The van der Waals surface area contributed by atoms with Crippen molar-refractivity contribution >= 4 is 11.6 Å². The summed E-state index contributed by atoms with van der Waals surface area (Å²) in [6, 6.07) is 15.0. The van der Waals surface area contributed by atoms with E-state index < -0.39 is 0 Å². The number of aromatic nitrogens is 2. The zero-order chi connectivity index (χ0) is 17.8. The lowest BCUT2D eigenvalue weighted by Crippen LogP contribution is -2.13. The summed E-state index contributed by atoms with van der Waals surface area (Å²) in [6.45, 7) is 1.89. The van der Waals surface area contributed by atoms with Crippen LogP contribution in [-0.2, 0) is 6.42 Å². The summed E-state index contributed by atoms with van der Waals surface area (Å²) >= 11 is 0. The largest absolute Gasteiger partial charge is 0.396 e. The predicted octanol–water partition coefficient (Wildman–Crippen LogP) is 3.11. The van der Waals surface area contributed by atoms with Crippen molar-refractivity contribution in [1.82, 2.24) is 9.78 Å². The molecule has 0 fully saturated rings. The average molecular weight is 339 g/mol. The fraction of sp³-hybridized carbons (Fsp3) is 0.158. The first kappa shape index (κ1) is 16.9. The third kappa shape index (κ3) is 3.92. The number of carbonyl (C=O) groups excluding carboxylic acids is 1. The van der Waals surface area contributed by atoms with E-state index in [9.17, 15) is 9.18 Å². The second kappa shape index (κ2) is 7.27. The standard InChI is InChI=1S/C19H18FN3O2/c1-13-11-18(22-23(13)17-4-2-3-15(20)12-17)19(25)21-16-7-5-14(6-8-16)9-10-24/h2-8,11-12,24H,9-10H2,1H3,(H,21,25). The van der Waals surface area contributed by atoms with E-state index in [2.05, 4.69) is 10.4 Å². The second-order valence-corrected chi connectivity index (χ2v) is 5.69. The highest BCUT2D eigenvalue weighted by Gasteiger charge is 2.14. The molecule has 128 valence electrons. The van der Waals surface area contributed by atoms with Gasteiger partial charge < -0.3 is 10.4 Å². The summed E-state index contributed by atoms with van der Waals surface area (Å²) in [4.78, 5) is 12.4. The second-order valence-electron chi connectivity index (χ2n) is 5.69. The molecular formula is C19H18FN3O2. The molecular weight excluding hydrogens is 321 g/mol. The van der Waals surface area contributed by atoms with Crippen LogP contribution in [0.2, 0.25) is 0 Å². The van der Waals surface area contributed by atoms with Crippen LogP contribution in [0.5, 0.6) is 0 Å². The molecule has 0 radical (unpaired) electrons.